The van der Waals surface area contributed by atoms with Crippen LogP contribution in [0.2, 0.25) is 0 Å². The van der Waals surface area contributed by atoms with Crippen molar-refractivity contribution >= 4 is 11.9 Å². The normalized spacial score (nSPS) is 12.5. The quantitative estimate of drug-likeness (QED) is 0.378. The first-order chi connectivity index (χ1) is 9.57. The van der Waals surface area contributed by atoms with E-state index in [1.807, 2.05) is 0 Å². The Hall–Kier alpha value is -1.36. The van der Waals surface area contributed by atoms with Crippen molar-refractivity contribution in [3.63, 3.8) is 0 Å². The first kappa shape index (κ1) is 18.6. The summed E-state index contributed by atoms with van der Waals surface area (Å²) in [7, 11) is 0. The average Bonchev–Trinajstić information content (AvgIpc) is 2.41. The second kappa shape index (κ2) is 12.7. The van der Waals surface area contributed by atoms with Gasteiger partial charge >= 0.3 is 5.97 Å². The average molecular weight is 284 g/mol. The predicted octanol–water partition coefficient (Wildman–Crippen LogP) is 2.21. The van der Waals surface area contributed by atoms with Gasteiger partial charge in [-0.05, 0) is 44.9 Å². The molecule has 0 fully saturated rings. The van der Waals surface area contributed by atoms with Gasteiger partial charge in [-0.25, -0.2) is 0 Å². The van der Waals surface area contributed by atoms with Crippen LogP contribution in [0.1, 0.15) is 58.3 Å². The molecule has 0 bridgehead atoms. The van der Waals surface area contributed by atoms with Gasteiger partial charge in [0, 0.05) is 13.0 Å². The highest BCUT2D eigenvalue weighted by Gasteiger charge is 2.10. The van der Waals surface area contributed by atoms with Gasteiger partial charge < -0.3 is 16.2 Å². The Morgan fingerprint density at radius 2 is 1.95 bits per heavy atom. The van der Waals surface area contributed by atoms with Gasteiger partial charge in [-0.3, -0.25) is 9.59 Å². The molecular formula is C15H28N2O3. The summed E-state index contributed by atoms with van der Waals surface area (Å²) in [4.78, 5) is 22.0. The molecule has 0 spiro atoms. The molecule has 0 aromatic carbocycles. The molecule has 0 aromatic heterocycles. The first-order valence-corrected chi connectivity index (χ1v) is 7.48. The Morgan fingerprint density at radius 1 is 1.20 bits per heavy atom. The van der Waals surface area contributed by atoms with Crippen molar-refractivity contribution in [2.45, 2.75) is 64.3 Å². The minimum absolute atomic E-state index is 0.0759. The highest BCUT2D eigenvalue weighted by molar-refractivity contribution is 5.75. The van der Waals surface area contributed by atoms with Gasteiger partial charge in [-0.1, -0.05) is 19.1 Å². The number of carboxylic acid groups (broad SMARTS) is 1. The summed E-state index contributed by atoms with van der Waals surface area (Å²) in [6, 6.07) is -0.790. The molecule has 0 aliphatic rings. The van der Waals surface area contributed by atoms with Crippen molar-refractivity contribution in [1.29, 1.82) is 0 Å². The molecule has 0 rings (SSSR count). The van der Waals surface area contributed by atoms with Crippen molar-refractivity contribution in [2.75, 3.05) is 6.54 Å². The van der Waals surface area contributed by atoms with Gasteiger partial charge in [0.25, 0.3) is 0 Å². The Balaban J connectivity index is 3.37. The third-order valence-corrected chi connectivity index (χ3v) is 3.01. The summed E-state index contributed by atoms with van der Waals surface area (Å²) in [6.07, 6.45) is 10.8. The number of rotatable bonds is 12. The lowest BCUT2D eigenvalue weighted by molar-refractivity contribution is -0.138. The highest BCUT2D eigenvalue weighted by atomic mass is 16.4. The molecule has 116 valence electrons. The molecule has 0 unspecified atom stereocenters. The third kappa shape index (κ3) is 11.7. The Bertz CT molecular complexity index is 303. The number of hydrogen-bond acceptors (Lipinski definition) is 3. The molecule has 0 saturated carbocycles. The van der Waals surface area contributed by atoms with Crippen molar-refractivity contribution in [3.8, 4) is 0 Å². The van der Waals surface area contributed by atoms with E-state index in [2.05, 4.69) is 24.4 Å². The van der Waals surface area contributed by atoms with Crippen LogP contribution < -0.4 is 11.1 Å². The van der Waals surface area contributed by atoms with Gasteiger partial charge in [-0.2, -0.15) is 0 Å². The van der Waals surface area contributed by atoms with Crippen LogP contribution in [0.4, 0.5) is 0 Å². The molecule has 5 nitrogen and oxygen atoms in total. The SMILES string of the molecule is CC/C=C/CCCCC(=O)NCCCC[C@H](N)C(=O)O. The molecule has 0 saturated heterocycles. The summed E-state index contributed by atoms with van der Waals surface area (Å²) in [6.45, 7) is 2.70. The summed E-state index contributed by atoms with van der Waals surface area (Å²) in [5.74, 6) is -0.891. The Kier molecular flexibility index (Phi) is 11.8. The number of carbonyl (C=O) groups excluding carboxylic acids is 1. The molecule has 1 amide bonds. The molecule has 4 N–H and O–H groups in total. The van der Waals surface area contributed by atoms with Crippen LogP contribution >= 0.6 is 0 Å². The minimum Gasteiger partial charge on any atom is -0.480 e. The topological polar surface area (TPSA) is 92.4 Å². The minimum atomic E-state index is -0.967. The zero-order valence-corrected chi connectivity index (χ0v) is 12.4. The van der Waals surface area contributed by atoms with Gasteiger partial charge in [0.1, 0.15) is 6.04 Å². The molecule has 0 aliphatic carbocycles. The van der Waals surface area contributed by atoms with E-state index >= 15 is 0 Å². The lowest BCUT2D eigenvalue weighted by Crippen LogP contribution is -2.30. The zero-order valence-electron chi connectivity index (χ0n) is 12.4. The molecule has 0 heterocycles. The van der Waals surface area contributed by atoms with E-state index in [0.29, 0.717) is 19.4 Å². The van der Waals surface area contributed by atoms with E-state index in [-0.39, 0.29) is 5.91 Å². The van der Waals surface area contributed by atoms with Crippen LogP contribution in [0.15, 0.2) is 12.2 Å². The molecule has 0 aromatic rings. The van der Waals surface area contributed by atoms with Crippen LogP contribution in [0, 0.1) is 0 Å². The van der Waals surface area contributed by atoms with Crippen LogP contribution in [-0.4, -0.2) is 29.6 Å². The summed E-state index contributed by atoms with van der Waals surface area (Å²) < 4.78 is 0. The first-order valence-electron chi connectivity index (χ1n) is 7.48. The highest BCUT2D eigenvalue weighted by Crippen LogP contribution is 2.02. The maximum atomic E-state index is 11.5. The van der Waals surface area contributed by atoms with E-state index in [1.165, 1.54) is 0 Å². The van der Waals surface area contributed by atoms with E-state index in [0.717, 1.165) is 38.5 Å². The summed E-state index contributed by atoms with van der Waals surface area (Å²) in [5, 5.41) is 11.4. The number of allylic oxidation sites excluding steroid dienone is 2. The Labute approximate surface area is 121 Å². The Morgan fingerprint density at radius 3 is 2.60 bits per heavy atom. The fourth-order valence-corrected chi connectivity index (χ4v) is 1.76. The molecule has 5 heteroatoms. The molecule has 20 heavy (non-hydrogen) atoms. The van der Waals surface area contributed by atoms with E-state index in [4.69, 9.17) is 10.8 Å². The van der Waals surface area contributed by atoms with Gasteiger partial charge in [0.2, 0.25) is 5.91 Å². The number of amides is 1. The maximum Gasteiger partial charge on any atom is 0.320 e. The summed E-state index contributed by atoms with van der Waals surface area (Å²) in [5.41, 5.74) is 5.38. The number of hydrogen-bond donors (Lipinski definition) is 3. The smallest absolute Gasteiger partial charge is 0.320 e. The molecule has 1 atom stereocenters. The number of unbranched alkanes of at least 4 members (excludes halogenated alkanes) is 3. The van der Waals surface area contributed by atoms with Gasteiger partial charge in [0.05, 0.1) is 0 Å². The predicted molar refractivity (Wildman–Crippen MR) is 80.4 cm³/mol. The summed E-state index contributed by atoms with van der Waals surface area (Å²) >= 11 is 0. The number of nitrogens with one attached hydrogen (secondary N) is 1. The van der Waals surface area contributed by atoms with Crippen LogP contribution in [0.3, 0.4) is 0 Å². The van der Waals surface area contributed by atoms with Gasteiger partial charge in [-0.15, -0.1) is 0 Å². The lowest BCUT2D eigenvalue weighted by Gasteiger charge is -2.07. The standard InChI is InChI=1S/C15H28N2O3/c1-2-3-4-5-6-7-11-14(18)17-12-9-8-10-13(16)15(19)20/h3-4,13H,2,5-12,16H2,1H3,(H,17,18)(H,19,20)/b4-3+/t13-/m0/s1. The van der Waals surface area contributed by atoms with Crippen LogP contribution in [-0.2, 0) is 9.59 Å². The second-order valence-electron chi connectivity index (χ2n) is 4.92. The monoisotopic (exact) mass is 284 g/mol. The van der Waals surface area contributed by atoms with Gasteiger partial charge in [0.15, 0.2) is 0 Å². The second-order valence-corrected chi connectivity index (χ2v) is 4.92. The fourth-order valence-electron chi connectivity index (χ4n) is 1.76. The number of nitrogens with two attached hydrogens (primary N) is 1. The molecule has 0 radical (unpaired) electrons. The number of carbonyl (C=O) groups is 2. The van der Waals surface area contributed by atoms with Crippen molar-refractivity contribution in [3.05, 3.63) is 12.2 Å². The van der Waals surface area contributed by atoms with Crippen LogP contribution in [0.25, 0.3) is 0 Å². The fraction of sp³-hybridized carbons (Fsp3) is 0.733. The van der Waals surface area contributed by atoms with Crippen molar-refractivity contribution in [2.24, 2.45) is 5.73 Å². The number of carboxylic acids is 1. The number of aliphatic carboxylic acids is 1. The largest absolute Gasteiger partial charge is 0.480 e. The van der Waals surface area contributed by atoms with Crippen LogP contribution in [0.5, 0.6) is 0 Å². The van der Waals surface area contributed by atoms with E-state index < -0.39 is 12.0 Å². The maximum absolute atomic E-state index is 11.5. The van der Waals surface area contributed by atoms with Crippen molar-refractivity contribution in [1.82, 2.24) is 5.32 Å². The lowest BCUT2D eigenvalue weighted by atomic mass is 10.1. The molecular weight excluding hydrogens is 256 g/mol. The third-order valence-electron chi connectivity index (χ3n) is 3.01. The van der Waals surface area contributed by atoms with Crippen molar-refractivity contribution < 1.29 is 14.7 Å². The zero-order chi connectivity index (χ0) is 15.2. The molecule has 0 aliphatic heterocycles. The van der Waals surface area contributed by atoms with E-state index in [9.17, 15) is 9.59 Å². The van der Waals surface area contributed by atoms with E-state index in [1.54, 1.807) is 0 Å².